The van der Waals surface area contributed by atoms with Gasteiger partial charge in [0, 0.05) is 26.9 Å². The average molecular weight is 522 g/mol. The number of rotatable bonds is 6. The van der Waals surface area contributed by atoms with Crippen LogP contribution in [0.4, 0.5) is 0 Å². The van der Waals surface area contributed by atoms with Gasteiger partial charge in [-0.1, -0.05) is 47.6 Å². The molecular weight excluding hydrogens is 502 g/mol. The molecule has 0 saturated heterocycles. The smallest absolute Gasteiger partial charge is 0.354 e. The number of ether oxygens (including phenoxy) is 2. The van der Waals surface area contributed by atoms with E-state index >= 15 is 0 Å². The van der Waals surface area contributed by atoms with Crippen molar-refractivity contribution in [3.63, 3.8) is 0 Å². The van der Waals surface area contributed by atoms with Gasteiger partial charge in [-0.15, -0.1) is 0 Å². The van der Waals surface area contributed by atoms with Crippen molar-refractivity contribution in [1.29, 1.82) is 0 Å². The minimum Gasteiger partial charge on any atom is -0.505 e. The van der Waals surface area contributed by atoms with Crippen LogP contribution < -0.4 is 20.7 Å². The molecule has 0 fully saturated rings. The van der Waals surface area contributed by atoms with Gasteiger partial charge in [-0.25, -0.2) is 4.79 Å². The fourth-order valence-corrected chi connectivity index (χ4v) is 5.24. The molecule has 1 N–H and O–H groups in total. The van der Waals surface area contributed by atoms with Gasteiger partial charge in [-0.3, -0.25) is 4.79 Å². The largest absolute Gasteiger partial charge is 0.505 e. The number of halogens is 1. The molecule has 0 unspecified atom stereocenters. The van der Waals surface area contributed by atoms with Gasteiger partial charge in [-0.05, 0) is 36.4 Å². The molecule has 0 spiro atoms. The molecule has 0 aliphatic heterocycles. The normalized spacial score (nSPS) is 11.2. The Bertz CT molecular complexity index is 1740. The summed E-state index contributed by atoms with van der Waals surface area (Å²) in [5.41, 5.74) is -0.0341. The Labute approximate surface area is 214 Å². The molecule has 182 valence electrons. The van der Waals surface area contributed by atoms with Crippen molar-refractivity contribution >= 4 is 45.2 Å². The number of nitrogens with zero attached hydrogens (tertiary/aromatic N) is 1. The standard InChI is InChI=1S/C27H20ClNO6S/c1-33-17-10-11-19-20(13-17)29(14-15-6-3-4-9-21(15)34-2)26(31)22-23(30)25(27(32)35-24(19)22)36-18-8-5-7-16(28)12-18/h3-13,30H,14H2,1-2H3. The Kier molecular flexibility index (Phi) is 6.38. The van der Waals surface area contributed by atoms with Gasteiger partial charge in [0.1, 0.15) is 21.8 Å². The van der Waals surface area contributed by atoms with Gasteiger partial charge in [0.05, 0.1) is 26.3 Å². The van der Waals surface area contributed by atoms with E-state index in [4.69, 9.17) is 25.5 Å². The zero-order valence-electron chi connectivity index (χ0n) is 19.3. The van der Waals surface area contributed by atoms with Crippen LogP contribution in [0.15, 0.2) is 90.5 Å². The lowest BCUT2D eigenvalue weighted by molar-refractivity contribution is 0.408. The predicted molar refractivity (Wildman–Crippen MR) is 140 cm³/mol. The van der Waals surface area contributed by atoms with Crippen LogP contribution >= 0.6 is 23.4 Å². The van der Waals surface area contributed by atoms with Crippen molar-refractivity contribution in [2.45, 2.75) is 16.3 Å². The third kappa shape index (κ3) is 4.19. The maximum absolute atomic E-state index is 13.9. The highest BCUT2D eigenvalue weighted by molar-refractivity contribution is 7.99. The third-order valence-corrected chi connectivity index (χ3v) is 7.08. The molecular formula is C27H20ClNO6S. The zero-order valence-corrected chi connectivity index (χ0v) is 20.9. The van der Waals surface area contributed by atoms with Gasteiger partial charge in [0.25, 0.3) is 5.56 Å². The Morgan fingerprint density at radius 3 is 2.56 bits per heavy atom. The first-order valence-electron chi connectivity index (χ1n) is 10.9. The molecule has 36 heavy (non-hydrogen) atoms. The Hall–Kier alpha value is -3.88. The number of aromatic nitrogens is 1. The highest BCUT2D eigenvalue weighted by atomic mass is 35.5. The number of benzene rings is 3. The third-order valence-electron chi connectivity index (χ3n) is 5.80. The Morgan fingerprint density at radius 2 is 1.81 bits per heavy atom. The maximum atomic E-state index is 13.9. The molecule has 2 heterocycles. The predicted octanol–water partition coefficient (Wildman–Crippen LogP) is 5.68. The minimum absolute atomic E-state index is 0.00636. The van der Waals surface area contributed by atoms with E-state index in [-0.39, 0.29) is 22.4 Å². The molecule has 0 saturated carbocycles. The van der Waals surface area contributed by atoms with Crippen molar-refractivity contribution in [3.8, 4) is 17.2 Å². The van der Waals surface area contributed by atoms with Gasteiger partial charge < -0.3 is 23.6 Å². The van der Waals surface area contributed by atoms with E-state index < -0.39 is 16.9 Å². The van der Waals surface area contributed by atoms with Crippen LogP contribution in [0.1, 0.15) is 5.56 Å². The lowest BCUT2D eigenvalue weighted by atomic mass is 10.1. The van der Waals surface area contributed by atoms with E-state index in [2.05, 4.69) is 0 Å². The first kappa shape index (κ1) is 23.8. The van der Waals surface area contributed by atoms with Crippen LogP contribution in [0, 0.1) is 0 Å². The molecule has 0 aliphatic carbocycles. The van der Waals surface area contributed by atoms with E-state index in [1.807, 2.05) is 18.2 Å². The fourth-order valence-electron chi connectivity index (χ4n) is 4.09. The molecule has 2 aromatic heterocycles. The van der Waals surface area contributed by atoms with Crippen LogP contribution in [0.5, 0.6) is 17.2 Å². The van der Waals surface area contributed by atoms with Crippen LogP contribution in [-0.2, 0) is 6.54 Å². The summed E-state index contributed by atoms with van der Waals surface area (Å²) in [5.74, 6) is 0.694. The lowest BCUT2D eigenvalue weighted by Gasteiger charge is -2.16. The van der Waals surface area contributed by atoms with Crippen LogP contribution in [-0.4, -0.2) is 23.9 Å². The molecule has 0 radical (unpaired) electrons. The molecule has 7 nitrogen and oxygen atoms in total. The minimum atomic E-state index is -0.760. The molecule has 9 heteroatoms. The summed E-state index contributed by atoms with van der Waals surface area (Å²) in [6, 6.07) is 19.3. The molecule has 0 amide bonds. The first-order valence-corrected chi connectivity index (χ1v) is 12.1. The van der Waals surface area contributed by atoms with Crippen LogP contribution in [0.3, 0.4) is 0 Å². The van der Waals surface area contributed by atoms with E-state index in [0.717, 1.165) is 17.3 Å². The molecule has 5 rings (SSSR count). The summed E-state index contributed by atoms with van der Waals surface area (Å²) in [6.45, 7) is 0.151. The molecule has 0 bridgehead atoms. The zero-order chi connectivity index (χ0) is 25.4. The first-order chi connectivity index (χ1) is 17.4. The maximum Gasteiger partial charge on any atom is 0.354 e. The average Bonchev–Trinajstić information content (AvgIpc) is 2.88. The van der Waals surface area contributed by atoms with Gasteiger partial charge in [0.2, 0.25) is 0 Å². The van der Waals surface area contributed by atoms with Crippen molar-refractivity contribution < 1.29 is 19.0 Å². The van der Waals surface area contributed by atoms with Crippen molar-refractivity contribution in [1.82, 2.24) is 4.57 Å². The summed E-state index contributed by atoms with van der Waals surface area (Å²) in [4.78, 5) is 27.3. The number of hydrogen-bond acceptors (Lipinski definition) is 7. The van der Waals surface area contributed by atoms with Crippen molar-refractivity contribution in [3.05, 3.63) is 98.1 Å². The highest BCUT2D eigenvalue weighted by Gasteiger charge is 2.23. The number of para-hydroxylation sites is 1. The van der Waals surface area contributed by atoms with Crippen LogP contribution in [0.2, 0.25) is 5.02 Å². The highest BCUT2D eigenvalue weighted by Crippen LogP contribution is 2.38. The Balaban J connectivity index is 1.81. The number of methoxy groups -OCH3 is 2. The van der Waals surface area contributed by atoms with Gasteiger partial charge >= 0.3 is 5.63 Å². The van der Waals surface area contributed by atoms with E-state index in [1.54, 1.807) is 55.6 Å². The molecule has 0 aliphatic rings. The van der Waals surface area contributed by atoms with E-state index in [9.17, 15) is 14.7 Å². The summed E-state index contributed by atoms with van der Waals surface area (Å²) < 4.78 is 18.0. The van der Waals surface area contributed by atoms with Gasteiger partial charge in [0.15, 0.2) is 11.3 Å². The molecule has 5 aromatic rings. The van der Waals surface area contributed by atoms with Crippen LogP contribution in [0.25, 0.3) is 21.9 Å². The second kappa shape index (κ2) is 9.64. The number of aromatic hydroxyl groups is 1. The summed E-state index contributed by atoms with van der Waals surface area (Å²) >= 11 is 7.05. The second-order valence-electron chi connectivity index (χ2n) is 7.92. The summed E-state index contributed by atoms with van der Waals surface area (Å²) in [6.07, 6.45) is 0. The molecule has 0 atom stereocenters. The van der Waals surface area contributed by atoms with Crippen molar-refractivity contribution in [2.24, 2.45) is 0 Å². The summed E-state index contributed by atoms with van der Waals surface area (Å²) in [7, 11) is 3.08. The fraction of sp³-hybridized carbons (Fsp3) is 0.111. The van der Waals surface area contributed by atoms with E-state index in [1.165, 1.54) is 11.7 Å². The quantitative estimate of drug-likeness (QED) is 0.287. The lowest BCUT2D eigenvalue weighted by Crippen LogP contribution is -2.23. The number of pyridine rings is 1. The number of hydrogen-bond donors (Lipinski definition) is 1. The summed E-state index contributed by atoms with van der Waals surface area (Å²) in [5, 5.41) is 12.1. The monoisotopic (exact) mass is 521 g/mol. The van der Waals surface area contributed by atoms with Crippen molar-refractivity contribution in [2.75, 3.05) is 14.2 Å². The SMILES string of the molecule is COc1ccc2c3oc(=O)c(Sc4cccc(Cl)c4)c(O)c3c(=O)n(Cc3ccccc3OC)c2c1. The van der Waals surface area contributed by atoms with E-state index in [0.29, 0.717) is 32.3 Å². The molecule has 3 aromatic carbocycles. The van der Waals surface area contributed by atoms with Gasteiger partial charge in [-0.2, -0.15) is 0 Å². The second-order valence-corrected chi connectivity index (χ2v) is 9.44. The topological polar surface area (TPSA) is 90.9 Å². The Morgan fingerprint density at radius 1 is 1.00 bits per heavy atom. The number of fused-ring (bicyclic) bond motifs is 3.